The third kappa shape index (κ3) is 6.73. The smallest absolute Gasteiger partial charge is 0.406 e. The number of likely N-dealkylation sites (N-methyl/N-ethyl adjacent to an activating group) is 1. The lowest BCUT2D eigenvalue weighted by Gasteiger charge is -2.36. The highest BCUT2D eigenvalue weighted by Gasteiger charge is 2.31. The summed E-state index contributed by atoms with van der Waals surface area (Å²) in [5.41, 5.74) is 1.74. The van der Waals surface area contributed by atoms with Gasteiger partial charge in [-0.2, -0.15) is 0 Å². The van der Waals surface area contributed by atoms with Crippen LogP contribution in [0.2, 0.25) is 0 Å². The quantitative estimate of drug-likeness (QED) is 0.684. The van der Waals surface area contributed by atoms with Crippen LogP contribution in [0, 0.1) is 0 Å². The summed E-state index contributed by atoms with van der Waals surface area (Å²) in [4.78, 5) is 21.1. The molecule has 1 amide bonds. The van der Waals surface area contributed by atoms with E-state index in [9.17, 15) is 18.0 Å². The Bertz CT molecular complexity index is 805. The third-order valence-corrected chi connectivity index (χ3v) is 5.42. The van der Waals surface area contributed by atoms with Gasteiger partial charge in [-0.25, -0.2) is 0 Å². The first-order valence-corrected chi connectivity index (χ1v) is 10.0. The van der Waals surface area contributed by atoms with E-state index >= 15 is 0 Å². The molecule has 0 aliphatic carbocycles. The van der Waals surface area contributed by atoms with Crippen molar-refractivity contribution in [3.63, 3.8) is 0 Å². The second-order valence-corrected chi connectivity index (χ2v) is 7.52. The number of likely N-dealkylation sites (tertiary alicyclic amines) is 1. The molecule has 0 unspecified atom stereocenters. The number of hydrogen-bond acceptors (Lipinski definition) is 4. The zero-order valence-corrected chi connectivity index (χ0v) is 16.9. The molecule has 0 bridgehead atoms. The van der Waals surface area contributed by atoms with Crippen LogP contribution in [-0.4, -0.2) is 59.8 Å². The Kier molecular flexibility index (Phi) is 7.31. The molecule has 1 aliphatic heterocycles. The number of benzene rings is 1. The van der Waals surface area contributed by atoms with Gasteiger partial charge >= 0.3 is 6.36 Å². The fourth-order valence-electron chi connectivity index (χ4n) is 3.66. The van der Waals surface area contributed by atoms with Crippen molar-refractivity contribution in [1.29, 1.82) is 0 Å². The average molecular weight is 421 g/mol. The minimum atomic E-state index is -4.72. The first-order valence-electron chi connectivity index (χ1n) is 10.0. The summed E-state index contributed by atoms with van der Waals surface area (Å²) in [5.74, 6) is -0.323. The fraction of sp³-hybridized carbons (Fsp3) is 0.455. The van der Waals surface area contributed by atoms with Crippen molar-refractivity contribution in [2.24, 2.45) is 0 Å². The first kappa shape index (κ1) is 22.1. The molecular formula is C22H26F3N3O2. The molecule has 8 heteroatoms. The highest BCUT2D eigenvalue weighted by atomic mass is 19.4. The monoisotopic (exact) mass is 421 g/mol. The van der Waals surface area contributed by atoms with Gasteiger partial charge in [-0.05, 0) is 42.7 Å². The largest absolute Gasteiger partial charge is 0.573 e. The van der Waals surface area contributed by atoms with E-state index in [-0.39, 0.29) is 24.1 Å². The topological polar surface area (TPSA) is 45.7 Å². The van der Waals surface area contributed by atoms with Crippen LogP contribution >= 0.6 is 0 Å². The molecule has 3 rings (SSSR count). The number of hydrogen-bond donors (Lipinski definition) is 0. The number of carbonyl (C=O) groups excluding carboxylic acids is 1. The molecule has 1 aliphatic rings. The van der Waals surface area contributed by atoms with E-state index in [0.717, 1.165) is 44.6 Å². The molecule has 1 saturated heterocycles. The lowest BCUT2D eigenvalue weighted by atomic mass is 10.0. The first-order chi connectivity index (χ1) is 14.3. The van der Waals surface area contributed by atoms with Crippen molar-refractivity contribution >= 4 is 5.91 Å². The summed E-state index contributed by atoms with van der Waals surface area (Å²) >= 11 is 0. The van der Waals surface area contributed by atoms with Crippen molar-refractivity contribution in [1.82, 2.24) is 14.8 Å². The van der Waals surface area contributed by atoms with Crippen molar-refractivity contribution in [2.75, 3.05) is 26.7 Å². The van der Waals surface area contributed by atoms with Crippen LogP contribution in [0.3, 0.4) is 0 Å². The molecule has 0 N–H and O–H groups in total. The average Bonchev–Trinajstić information content (AvgIpc) is 2.73. The Labute approximate surface area is 174 Å². The number of amides is 1. The van der Waals surface area contributed by atoms with Crippen LogP contribution in [-0.2, 0) is 17.6 Å². The molecule has 0 atom stereocenters. The zero-order valence-electron chi connectivity index (χ0n) is 16.9. The summed E-state index contributed by atoms with van der Waals surface area (Å²) in [7, 11) is 1.80. The predicted molar refractivity (Wildman–Crippen MR) is 107 cm³/mol. The molecule has 0 radical (unpaired) electrons. The molecular weight excluding hydrogens is 395 g/mol. The Hall–Kier alpha value is -2.61. The minimum absolute atomic E-state index is 0.0357. The van der Waals surface area contributed by atoms with Crippen LogP contribution < -0.4 is 4.74 Å². The molecule has 1 fully saturated rings. The maximum atomic E-state index is 12.6. The van der Waals surface area contributed by atoms with Crippen LogP contribution in [0.25, 0.3) is 0 Å². The molecule has 2 heterocycles. The van der Waals surface area contributed by atoms with Crippen LogP contribution in [0.15, 0.2) is 48.7 Å². The Morgan fingerprint density at radius 1 is 1.17 bits per heavy atom. The third-order valence-electron chi connectivity index (χ3n) is 5.42. The number of halogens is 3. The van der Waals surface area contributed by atoms with E-state index in [4.69, 9.17) is 0 Å². The number of rotatable bonds is 7. The van der Waals surface area contributed by atoms with Gasteiger partial charge in [0.25, 0.3) is 0 Å². The van der Waals surface area contributed by atoms with Gasteiger partial charge in [-0.1, -0.05) is 18.2 Å². The number of nitrogens with zero attached hydrogens (tertiary/aromatic N) is 3. The molecule has 0 saturated carbocycles. The van der Waals surface area contributed by atoms with Gasteiger partial charge in [-0.3, -0.25) is 9.78 Å². The Morgan fingerprint density at radius 3 is 2.47 bits per heavy atom. The molecule has 1 aromatic heterocycles. The second-order valence-electron chi connectivity index (χ2n) is 7.52. The summed E-state index contributed by atoms with van der Waals surface area (Å²) in [6, 6.07) is 11.6. The van der Waals surface area contributed by atoms with Crippen molar-refractivity contribution in [2.45, 2.75) is 38.1 Å². The van der Waals surface area contributed by atoms with Crippen LogP contribution in [0.5, 0.6) is 5.75 Å². The van der Waals surface area contributed by atoms with Gasteiger partial charge in [0.05, 0.1) is 6.42 Å². The van der Waals surface area contributed by atoms with E-state index in [0.29, 0.717) is 5.56 Å². The maximum absolute atomic E-state index is 12.6. The number of ether oxygens (including phenoxy) is 1. The lowest BCUT2D eigenvalue weighted by molar-refractivity contribution is -0.274. The molecule has 30 heavy (non-hydrogen) atoms. The van der Waals surface area contributed by atoms with Gasteiger partial charge in [0.15, 0.2) is 0 Å². The SMILES string of the molecule is CN(C(=O)Cc1ccc(OC(F)(F)F)cc1)C1CCN(CCc2ccccn2)CC1. The van der Waals surface area contributed by atoms with E-state index in [1.54, 1.807) is 18.1 Å². The number of piperidine rings is 1. The number of pyridine rings is 1. The highest BCUT2D eigenvalue weighted by Crippen LogP contribution is 2.23. The normalized spacial score (nSPS) is 15.7. The van der Waals surface area contributed by atoms with Crippen LogP contribution in [0.1, 0.15) is 24.1 Å². The second kappa shape index (κ2) is 9.93. The molecule has 162 valence electrons. The van der Waals surface area contributed by atoms with E-state index in [1.165, 1.54) is 24.3 Å². The van der Waals surface area contributed by atoms with E-state index in [1.807, 2.05) is 18.2 Å². The summed E-state index contributed by atoms with van der Waals surface area (Å²) in [6.45, 7) is 2.81. The minimum Gasteiger partial charge on any atom is -0.406 e. The number of carbonyl (C=O) groups is 1. The van der Waals surface area contributed by atoms with Gasteiger partial charge in [0, 0.05) is 51.0 Å². The highest BCUT2D eigenvalue weighted by molar-refractivity contribution is 5.78. The van der Waals surface area contributed by atoms with Crippen molar-refractivity contribution in [3.05, 3.63) is 59.9 Å². The van der Waals surface area contributed by atoms with Gasteiger partial charge in [0.1, 0.15) is 5.75 Å². The molecule has 2 aromatic rings. The zero-order chi connectivity index (χ0) is 21.6. The lowest BCUT2D eigenvalue weighted by Crippen LogP contribution is -2.46. The van der Waals surface area contributed by atoms with Crippen LogP contribution in [0.4, 0.5) is 13.2 Å². The summed E-state index contributed by atoms with van der Waals surface area (Å²) in [5, 5.41) is 0. The van der Waals surface area contributed by atoms with Gasteiger partial charge in [0.2, 0.25) is 5.91 Å². The molecule has 1 aromatic carbocycles. The number of aromatic nitrogens is 1. The number of alkyl halides is 3. The maximum Gasteiger partial charge on any atom is 0.573 e. The van der Waals surface area contributed by atoms with Gasteiger partial charge < -0.3 is 14.5 Å². The van der Waals surface area contributed by atoms with E-state index in [2.05, 4.69) is 14.6 Å². The van der Waals surface area contributed by atoms with E-state index < -0.39 is 6.36 Å². The summed E-state index contributed by atoms with van der Waals surface area (Å²) < 4.78 is 40.6. The van der Waals surface area contributed by atoms with Gasteiger partial charge in [-0.15, -0.1) is 13.2 Å². The summed E-state index contributed by atoms with van der Waals surface area (Å²) in [6.07, 6.45) is -0.0360. The Morgan fingerprint density at radius 2 is 1.87 bits per heavy atom. The standard InChI is InChI=1S/C22H26F3N3O2/c1-27(21(29)16-17-5-7-20(8-6-17)30-22(23,24)25)19-10-14-28(15-11-19)13-9-18-4-2-3-12-26-18/h2-8,12,19H,9-11,13-16H2,1H3. The predicted octanol–water partition coefficient (Wildman–Crippen LogP) is 3.69. The molecule has 0 spiro atoms. The van der Waals surface area contributed by atoms with Crippen molar-refractivity contribution in [3.8, 4) is 5.75 Å². The van der Waals surface area contributed by atoms with Crippen molar-refractivity contribution < 1.29 is 22.7 Å². The molecule has 5 nitrogen and oxygen atoms in total. The Balaban J connectivity index is 1.43. The fourth-order valence-corrected chi connectivity index (χ4v) is 3.66.